The van der Waals surface area contributed by atoms with Crippen molar-refractivity contribution in [3.05, 3.63) is 60.7 Å². The molecule has 0 aromatic heterocycles. The van der Waals surface area contributed by atoms with Gasteiger partial charge in [0.25, 0.3) is 0 Å². The Balaban J connectivity index is 0.00000116. The van der Waals surface area contributed by atoms with E-state index in [1.165, 1.54) is 9.79 Å². The molecule has 0 fully saturated rings. The molecular formula is C21H32S. The van der Waals surface area contributed by atoms with E-state index in [0.717, 1.165) is 0 Å². The molecule has 1 heteroatoms. The molecule has 0 aliphatic heterocycles. The summed E-state index contributed by atoms with van der Waals surface area (Å²) in [7, 11) is -1.09. The highest BCUT2D eigenvalue weighted by molar-refractivity contribution is 8.35. The van der Waals surface area contributed by atoms with Crippen molar-refractivity contribution in [1.29, 1.82) is 0 Å². The van der Waals surface area contributed by atoms with Gasteiger partial charge in [-0.25, -0.2) is 0 Å². The minimum absolute atomic E-state index is 0.226. The Morgan fingerprint density at radius 3 is 1.23 bits per heavy atom. The van der Waals surface area contributed by atoms with Crippen molar-refractivity contribution in [3.63, 3.8) is 0 Å². The van der Waals surface area contributed by atoms with Gasteiger partial charge in [0.1, 0.15) is 0 Å². The van der Waals surface area contributed by atoms with Gasteiger partial charge >= 0.3 is 0 Å². The molecule has 0 aliphatic rings. The summed E-state index contributed by atoms with van der Waals surface area (Å²) < 4.78 is 0.226. The minimum atomic E-state index is -1.09. The topological polar surface area (TPSA) is 0 Å². The van der Waals surface area contributed by atoms with Gasteiger partial charge in [-0.2, -0.15) is 10.0 Å². The molecule has 0 radical (unpaired) electrons. The van der Waals surface area contributed by atoms with Gasteiger partial charge in [-0.1, -0.05) is 84.9 Å². The summed E-state index contributed by atoms with van der Waals surface area (Å²) in [4.78, 5) is 2.99. The number of rotatable bonds is 3. The van der Waals surface area contributed by atoms with Crippen molar-refractivity contribution in [1.82, 2.24) is 0 Å². The Bertz CT molecular complexity index is 496. The minimum Gasteiger partial charge on any atom is -0.180 e. The molecule has 0 heterocycles. The lowest BCUT2D eigenvalue weighted by atomic mass is 10.2. The van der Waals surface area contributed by atoms with Gasteiger partial charge in [0.15, 0.2) is 0 Å². The fraction of sp³-hybridized carbons (Fsp3) is 0.429. The predicted molar refractivity (Wildman–Crippen MR) is 103 cm³/mol. The second-order valence-corrected chi connectivity index (χ2v) is 10.9. The molecule has 0 aliphatic carbocycles. The lowest BCUT2D eigenvalue weighted by Gasteiger charge is -2.54. The molecule has 0 atom stereocenters. The van der Waals surface area contributed by atoms with Crippen LogP contribution in [-0.2, 0) is 0 Å². The van der Waals surface area contributed by atoms with Gasteiger partial charge in [-0.3, -0.25) is 0 Å². The molecular weight excluding hydrogens is 284 g/mol. The third-order valence-corrected chi connectivity index (χ3v) is 9.28. The van der Waals surface area contributed by atoms with E-state index < -0.39 is 10.0 Å². The highest BCUT2D eigenvalue weighted by Gasteiger charge is 2.42. The lowest BCUT2D eigenvalue weighted by molar-refractivity contribution is 0.764. The molecule has 0 saturated heterocycles. The summed E-state index contributed by atoms with van der Waals surface area (Å²) in [5, 5.41) is 0.604. The molecule has 0 unspecified atom stereocenters. The maximum absolute atomic E-state index is 2.39. The van der Waals surface area contributed by atoms with Crippen molar-refractivity contribution in [2.75, 3.05) is 0 Å². The molecule has 0 N–H and O–H groups in total. The quantitative estimate of drug-likeness (QED) is 0.564. The largest absolute Gasteiger partial charge is 0.180 e. The summed E-state index contributed by atoms with van der Waals surface area (Å²) >= 11 is 0. The van der Waals surface area contributed by atoms with Gasteiger partial charge in [0, 0.05) is 0 Å². The highest BCUT2D eigenvalue weighted by atomic mass is 32.3. The monoisotopic (exact) mass is 316 g/mol. The zero-order valence-corrected chi connectivity index (χ0v) is 16.1. The smallest absolute Gasteiger partial charge is 0.000289 e. The predicted octanol–water partition coefficient (Wildman–Crippen LogP) is 7.14. The second-order valence-electron chi connectivity index (χ2n) is 6.45. The Morgan fingerprint density at radius 2 is 1.00 bits per heavy atom. The first-order valence-electron chi connectivity index (χ1n) is 8.32. The van der Waals surface area contributed by atoms with Crippen LogP contribution in [0.25, 0.3) is 0 Å². The van der Waals surface area contributed by atoms with E-state index in [1.807, 2.05) is 13.8 Å². The van der Waals surface area contributed by atoms with E-state index in [1.54, 1.807) is 0 Å². The van der Waals surface area contributed by atoms with E-state index >= 15 is 0 Å². The van der Waals surface area contributed by atoms with Crippen LogP contribution in [-0.4, -0.2) is 10.00 Å². The number of hydrogen-bond acceptors (Lipinski definition) is 0. The molecule has 2 rings (SSSR count). The average molecular weight is 317 g/mol. The standard InChI is InChI=1S/C19H26S.C2H6/c1-16(2)20(19(3,4)5,17-12-8-6-9-13-17)18-14-10-7-11-15-18;1-2/h6-16H,1-5H3;1-2H3. The molecule has 22 heavy (non-hydrogen) atoms. The van der Waals surface area contributed by atoms with Crippen LogP contribution in [0, 0.1) is 0 Å². The van der Waals surface area contributed by atoms with Crippen molar-refractivity contribution in [3.8, 4) is 0 Å². The van der Waals surface area contributed by atoms with Crippen molar-refractivity contribution in [2.45, 2.75) is 68.3 Å². The summed E-state index contributed by atoms with van der Waals surface area (Å²) in [5.74, 6) is 0. The normalized spacial score (nSPS) is 12.5. The molecule has 0 bridgehead atoms. The van der Waals surface area contributed by atoms with Crippen LogP contribution in [0.15, 0.2) is 70.5 Å². The van der Waals surface area contributed by atoms with Crippen molar-refractivity contribution >= 4 is 10.0 Å². The van der Waals surface area contributed by atoms with E-state index in [0.29, 0.717) is 5.25 Å². The Morgan fingerprint density at radius 1 is 0.682 bits per heavy atom. The maximum Gasteiger partial charge on any atom is -0.000289 e. The summed E-state index contributed by atoms with van der Waals surface area (Å²) in [5.41, 5.74) is 0. The fourth-order valence-corrected chi connectivity index (χ4v) is 8.73. The maximum atomic E-state index is 2.39. The molecule has 0 saturated carbocycles. The fourth-order valence-electron chi connectivity index (χ4n) is 3.36. The number of hydrogen-bond donors (Lipinski definition) is 0. The van der Waals surface area contributed by atoms with Gasteiger partial charge < -0.3 is 0 Å². The second kappa shape index (κ2) is 7.87. The Kier molecular flexibility index (Phi) is 6.74. The van der Waals surface area contributed by atoms with Gasteiger partial charge in [0.05, 0.1) is 0 Å². The van der Waals surface area contributed by atoms with Gasteiger partial charge in [-0.05, 0) is 44.1 Å². The van der Waals surface area contributed by atoms with E-state index in [9.17, 15) is 0 Å². The number of benzene rings is 2. The van der Waals surface area contributed by atoms with Crippen LogP contribution < -0.4 is 0 Å². The Labute approximate surface area is 139 Å². The first kappa shape index (κ1) is 18.8. The molecule has 2 aromatic rings. The molecule has 0 nitrogen and oxygen atoms in total. The average Bonchev–Trinajstić information content (AvgIpc) is 2.50. The molecule has 2 aromatic carbocycles. The summed E-state index contributed by atoms with van der Waals surface area (Å²) in [6.45, 7) is 15.9. The van der Waals surface area contributed by atoms with Crippen molar-refractivity contribution < 1.29 is 0 Å². The van der Waals surface area contributed by atoms with E-state index in [2.05, 4.69) is 95.3 Å². The summed E-state index contributed by atoms with van der Waals surface area (Å²) in [6, 6.07) is 22.2. The third kappa shape index (κ3) is 3.41. The van der Waals surface area contributed by atoms with Gasteiger partial charge in [0.2, 0.25) is 0 Å². The van der Waals surface area contributed by atoms with Crippen LogP contribution in [0.5, 0.6) is 0 Å². The van der Waals surface area contributed by atoms with Crippen LogP contribution in [0.1, 0.15) is 48.5 Å². The Hall–Kier alpha value is -1.21. The van der Waals surface area contributed by atoms with Gasteiger partial charge in [-0.15, -0.1) is 0 Å². The van der Waals surface area contributed by atoms with E-state index in [-0.39, 0.29) is 4.75 Å². The highest BCUT2D eigenvalue weighted by Crippen LogP contribution is 2.73. The zero-order valence-electron chi connectivity index (χ0n) is 15.3. The van der Waals surface area contributed by atoms with Crippen LogP contribution in [0.3, 0.4) is 0 Å². The molecule has 0 spiro atoms. The van der Waals surface area contributed by atoms with E-state index in [4.69, 9.17) is 0 Å². The van der Waals surface area contributed by atoms with Crippen LogP contribution >= 0.6 is 10.0 Å². The van der Waals surface area contributed by atoms with Crippen LogP contribution in [0.4, 0.5) is 0 Å². The molecule has 122 valence electrons. The summed E-state index contributed by atoms with van der Waals surface area (Å²) in [6.07, 6.45) is 0. The third-order valence-electron chi connectivity index (χ3n) is 3.90. The SMILES string of the molecule is CC.CC(C)S(c1ccccc1)(c1ccccc1)C(C)(C)C. The lowest BCUT2D eigenvalue weighted by Crippen LogP contribution is -2.31. The van der Waals surface area contributed by atoms with Crippen LogP contribution in [0.2, 0.25) is 0 Å². The molecule has 0 amide bonds. The van der Waals surface area contributed by atoms with Crippen molar-refractivity contribution in [2.24, 2.45) is 0 Å². The zero-order chi connectivity index (χ0) is 16.8. The first-order chi connectivity index (χ1) is 10.4. The first-order valence-corrected chi connectivity index (χ1v) is 10.0.